The summed E-state index contributed by atoms with van der Waals surface area (Å²) in [5, 5.41) is 10.6. The predicted octanol–water partition coefficient (Wildman–Crippen LogP) is 4.23. The molecule has 134 valence electrons. The molecular formula is C21H22FN3O. The molecule has 5 heteroatoms. The second-order valence-electron chi connectivity index (χ2n) is 7.11. The second-order valence-corrected chi connectivity index (χ2v) is 7.11. The average Bonchev–Trinajstić information content (AvgIpc) is 3.26. The van der Waals surface area contributed by atoms with Gasteiger partial charge in [-0.15, -0.1) is 0 Å². The van der Waals surface area contributed by atoms with E-state index in [9.17, 15) is 9.65 Å². The molecule has 0 bridgehead atoms. The summed E-state index contributed by atoms with van der Waals surface area (Å²) in [4.78, 5) is 2.28. The lowest BCUT2D eigenvalue weighted by Crippen LogP contribution is -2.32. The van der Waals surface area contributed by atoms with Crippen LogP contribution in [0.2, 0.25) is 0 Å². The third-order valence-electron chi connectivity index (χ3n) is 5.22. The molecule has 0 saturated carbocycles. The molecule has 0 aliphatic carbocycles. The summed E-state index contributed by atoms with van der Waals surface area (Å²) < 4.78 is 21.8. The van der Waals surface area contributed by atoms with Crippen molar-refractivity contribution in [2.24, 2.45) is 0 Å². The smallest absolute Gasteiger partial charge is 0.124 e. The minimum absolute atomic E-state index is 0.154. The van der Waals surface area contributed by atoms with Gasteiger partial charge in [-0.25, -0.2) is 4.39 Å². The van der Waals surface area contributed by atoms with E-state index >= 15 is 0 Å². The quantitative estimate of drug-likeness (QED) is 0.831. The Kier molecular flexibility index (Phi) is 4.29. The first-order valence-corrected chi connectivity index (χ1v) is 9.07. The van der Waals surface area contributed by atoms with Crippen molar-refractivity contribution in [3.8, 4) is 6.07 Å². The van der Waals surface area contributed by atoms with E-state index in [0.29, 0.717) is 30.2 Å². The van der Waals surface area contributed by atoms with Gasteiger partial charge in [-0.2, -0.15) is 5.26 Å². The number of rotatable bonds is 3. The molecule has 4 nitrogen and oxygen atoms in total. The minimum Gasteiger partial charge on any atom is -0.379 e. The third kappa shape index (κ3) is 2.62. The molecule has 4 rings (SSSR count). The Morgan fingerprint density at radius 1 is 1.35 bits per heavy atom. The van der Waals surface area contributed by atoms with E-state index in [1.807, 2.05) is 6.08 Å². The standard InChI is InChI=1S/C21H22FN3O/c1-14(2)24-9-4-3-5-20(24)21-18(12-23)17-11-15(22)6-7-19(17)25(21)16-8-10-26-13-16/h3-7,11,14,16H,8-10,13H2,1-2H3. The van der Waals surface area contributed by atoms with E-state index in [1.54, 1.807) is 6.07 Å². The van der Waals surface area contributed by atoms with Gasteiger partial charge in [0.2, 0.25) is 0 Å². The maximum absolute atomic E-state index is 13.9. The van der Waals surface area contributed by atoms with E-state index < -0.39 is 0 Å². The van der Waals surface area contributed by atoms with Gasteiger partial charge >= 0.3 is 0 Å². The van der Waals surface area contributed by atoms with Crippen LogP contribution in [0.3, 0.4) is 0 Å². The van der Waals surface area contributed by atoms with Crippen LogP contribution in [-0.4, -0.2) is 35.3 Å². The van der Waals surface area contributed by atoms with Crippen LogP contribution in [0.5, 0.6) is 0 Å². The highest BCUT2D eigenvalue weighted by atomic mass is 19.1. The lowest BCUT2D eigenvalue weighted by atomic mass is 10.1. The average molecular weight is 351 g/mol. The van der Waals surface area contributed by atoms with Gasteiger partial charge < -0.3 is 14.2 Å². The van der Waals surface area contributed by atoms with E-state index in [-0.39, 0.29) is 11.9 Å². The van der Waals surface area contributed by atoms with Gasteiger partial charge in [0.25, 0.3) is 0 Å². The summed E-state index contributed by atoms with van der Waals surface area (Å²) in [5.41, 5.74) is 3.33. The molecule has 2 aliphatic rings. The highest BCUT2D eigenvalue weighted by molar-refractivity contribution is 5.93. The molecule has 1 atom stereocenters. The van der Waals surface area contributed by atoms with Crippen LogP contribution < -0.4 is 0 Å². The molecule has 2 aliphatic heterocycles. The fraction of sp³-hybridized carbons (Fsp3) is 0.381. The number of fused-ring (bicyclic) bond motifs is 1. The molecule has 0 amide bonds. The van der Waals surface area contributed by atoms with Gasteiger partial charge in [-0.1, -0.05) is 12.2 Å². The number of nitriles is 1. The molecule has 0 radical (unpaired) electrons. The summed E-state index contributed by atoms with van der Waals surface area (Å²) in [6, 6.07) is 7.52. The Balaban J connectivity index is 2.03. The minimum atomic E-state index is -0.321. The first kappa shape index (κ1) is 16.9. The number of hydrogen-bond donors (Lipinski definition) is 0. The van der Waals surface area contributed by atoms with Crippen molar-refractivity contribution >= 4 is 16.6 Å². The van der Waals surface area contributed by atoms with Crippen LogP contribution in [-0.2, 0) is 4.74 Å². The molecule has 1 aromatic carbocycles. The number of hydrogen-bond acceptors (Lipinski definition) is 3. The summed E-state index contributed by atoms with van der Waals surface area (Å²) in [7, 11) is 0. The van der Waals surface area contributed by atoms with Crippen molar-refractivity contribution in [2.75, 3.05) is 19.8 Å². The number of aromatic nitrogens is 1. The third-order valence-corrected chi connectivity index (χ3v) is 5.22. The van der Waals surface area contributed by atoms with Crippen LogP contribution >= 0.6 is 0 Å². The Labute approximate surface area is 152 Å². The van der Waals surface area contributed by atoms with Gasteiger partial charge in [-0.05, 0) is 44.5 Å². The van der Waals surface area contributed by atoms with Crippen molar-refractivity contribution in [1.29, 1.82) is 5.26 Å². The van der Waals surface area contributed by atoms with Gasteiger partial charge in [0.05, 0.1) is 35.1 Å². The van der Waals surface area contributed by atoms with Crippen LogP contribution in [0, 0.1) is 17.1 Å². The van der Waals surface area contributed by atoms with Crippen LogP contribution in [0.4, 0.5) is 4.39 Å². The number of ether oxygens (including phenoxy) is 1. The van der Waals surface area contributed by atoms with Crippen molar-refractivity contribution in [3.63, 3.8) is 0 Å². The van der Waals surface area contributed by atoms with E-state index in [0.717, 1.165) is 29.9 Å². The monoisotopic (exact) mass is 351 g/mol. The van der Waals surface area contributed by atoms with Crippen molar-refractivity contribution in [1.82, 2.24) is 9.47 Å². The topological polar surface area (TPSA) is 41.2 Å². The fourth-order valence-corrected chi connectivity index (χ4v) is 3.99. The molecule has 1 fully saturated rings. The number of nitrogens with zero attached hydrogens (tertiary/aromatic N) is 3. The molecule has 0 spiro atoms. The zero-order valence-electron chi connectivity index (χ0n) is 15.1. The highest BCUT2D eigenvalue weighted by Crippen LogP contribution is 2.38. The first-order valence-electron chi connectivity index (χ1n) is 9.07. The Morgan fingerprint density at radius 3 is 2.88 bits per heavy atom. The van der Waals surface area contributed by atoms with E-state index in [1.165, 1.54) is 12.1 Å². The largest absolute Gasteiger partial charge is 0.379 e. The van der Waals surface area contributed by atoms with Crippen LogP contribution in [0.1, 0.15) is 37.6 Å². The Morgan fingerprint density at radius 2 is 2.19 bits per heavy atom. The maximum Gasteiger partial charge on any atom is 0.124 e. The van der Waals surface area contributed by atoms with E-state index in [2.05, 4.69) is 41.5 Å². The summed E-state index contributed by atoms with van der Waals surface area (Å²) in [5.74, 6) is -0.321. The van der Waals surface area contributed by atoms with Crippen LogP contribution in [0.25, 0.3) is 16.6 Å². The predicted molar refractivity (Wildman–Crippen MR) is 100 cm³/mol. The Bertz CT molecular complexity index is 942. The molecule has 2 aromatic rings. The SMILES string of the molecule is CC(C)N1CC=CC=C1c1c(C#N)c2cc(F)ccc2n1C1CCOC1. The lowest BCUT2D eigenvalue weighted by molar-refractivity contribution is 0.187. The van der Waals surface area contributed by atoms with E-state index in [4.69, 9.17) is 4.74 Å². The zero-order chi connectivity index (χ0) is 18.3. The highest BCUT2D eigenvalue weighted by Gasteiger charge is 2.30. The number of benzene rings is 1. The molecule has 0 N–H and O–H groups in total. The maximum atomic E-state index is 13.9. The molecule has 1 saturated heterocycles. The zero-order valence-corrected chi connectivity index (χ0v) is 15.1. The molecule has 26 heavy (non-hydrogen) atoms. The Hall–Kier alpha value is -2.58. The lowest BCUT2D eigenvalue weighted by Gasteiger charge is -2.33. The second kappa shape index (κ2) is 6.62. The number of allylic oxidation sites excluding steroid dienone is 2. The van der Waals surface area contributed by atoms with Crippen LogP contribution in [0.15, 0.2) is 36.4 Å². The van der Waals surface area contributed by atoms with Crippen molar-refractivity contribution < 1.29 is 9.13 Å². The van der Waals surface area contributed by atoms with Gasteiger partial charge in [0.1, 0.15) is 11.9 Å². The summed E-state index contributed by atoms with van der Waals surface area (Å²) >= 11 is 0. The summed E-state index contributed by atoms with van der Waals surface area (Å²) in [6.07, 6.45) is 7.09. The first-order chi connectivity index (χ1) is 12.6. The summed E-state index contributed by atoms with van der Waals surface area (Å²) in [6.45, 7) is 6.41. The number of halogens is 1. The molecule has 3 heterocycles. The molecule has 1 unspecified atom stereocenters. The normalized spacial score (nSPS) is 20.0. The van der Waals surface area contributed by atoms with Gasteiger partial charge in [0.15, 0.2) is 0 Å². The fourth-order valence-electron chi connectivity index (χ4n) is 3.99. The van der Waals surface area contributed by atoms with Gasteiger partial charge in [-0.3, -0.25) is 0 Å². The molecular weight excluding hydrogens is 329 g/mol. The van der Waals surface area contributed by atoms with Gasteiger partial charge in [0, 0.05) is 24.6 Å². The van der Waals surface area contributed by atoms with Crippen molar-refractivity contribution in [3.05, 3.63) is 53.5 Å². The molecule has 1 aromatic heterocycles. The van der Waals surface area contributed by atoms with Crippen molar-refractivity contribution in [2.45, 2.75) is 32.4 Å².